The Hall–Kier alpha value is -1.96. The average Bonchev–Trinajstić information content (AvgIpc) is 2.95. The van der Waals surface area contributed by atoms with Gasteiger partial charge >= 0.3 is 0 Å². The van der Waals surface area contributed by atoms with Crippen molar-refractivity contribution in [1.29, 1.82) is 0 Å². The second-order valence-corrected chi connectivity index (χ2v) is 5.83. The lowest BCUT2D eigenvalue weighted by atomic mass is 10.0. The summed E-state index contributed by atoms with van der Waals surface area (Å²) in [5.41, 5.74) is 6.04. The molecule has 0 spiro atoms. The van der Waals surface area contributed by atoms with Crippen LogP contribution in [-0.2, 0) is 9.59 Å². The largest absolute Gasteiger partial charge is 0.391 e. The van der Waals surface area contributed by atoms with Crippen molar-refractivity contribution in [3.8, 4) is 0 Å². The van der Waals surface area contributed by atoms with Crippen LogP contribution in [0.1, 0.15) is 32.0 Å². The van der Waals surface area contributed by atoms with Crippen molar-refractivity contribution in [2.45, 2.75) is 45.4 Å². The van der Waals surface area contributed by atoms with Crippen LogP contribution >= 0.6 is 0 Å². The highest BCUT2D eigenvalue weighted by Crippen LogP contribution is 2.26. The Bertz CT molecular complexity index is 542. The smallest absolute Gasteiger partial charge is 0.248 e. The number of primary amides is 1. The number of amides is 2. The number of aromatic nitrogens is 3. The van der Waals surface area contributed by atoms with Crippen LogP contribution in [0.5, 0.6) is 0 Å². The zero-order valence-electron chi connectivity index (χ0n) is 12.4. The van der Waals surface area contributed by atoms with E-state index in [9.17, 15) is 14.7 Å². The summed E-state index contributed by atoms with van der Waals surface area (Å²) in [5, 5.41) is 17.6. The monoisotopic (exact) mass is 295 g/mol. The highest BCUT2D eigenvalue weighted by Gasteiger charge is 2.41. The molecule has 1 aromatic rings. The van der Waals surface area contributed by atoms with E-state index >= 15 is 0 Å². The first-order valence-corrected chi connectivity index (χ1v) is 6.97. The first kappa shape index (κ1) is 15.4. The number of nitrogens with two attached hydrogens (primary N) is 1. The molecule has 2 amide bonds. The van der Waals surface area contributed by atoms with Gasteiger partial charge in [-0.3, -0.25) is 9.59 Å². The van der Waals surface area contributed by atoms with Crippen molar-refractivity contribution >= 4 is 11.8 Å². The topological polar surface area (TPSA) is 114 Å². The summed E-state index contributed by atoms with van der Waals surface area (Å²) in [6.45, 7) is 5.69. The van der Waals surface area contributed by atoms with Gasteiger partial charge in [0.15, 0.2) is 0 Å². The molecule has 21 heavy (non-hydrogen) atoms. The minimum absolute atomic E-state index is 0.0372. The molecule has 8 heteroatoms. The van der Waals surface area contributed by atoms with Gasteiger partial charge < -0.3 is 15.7 Å². The number of likely N-dealkylation sites (tertiary alicyclic amines) is 1. The first-order valence-electron chi connectivity index (χ1n) is 6.97. The van der Waals surface area contributed by atoms with Gasteiger partial charge in [0.05, 0.1) is 11.8 Å². The number of rotatable bonds is 4. The van der Waals surface area contributed by atoms with Crippen molar-refractivity contribution in [3.63, 3.8) is 0 Å². The quantitative estimate of drug-likeness (QED) is 0.757. The van der Waals surface area contributed by atoms with Gasteiger partial charge in [0.25, 0.3) is 0 Å². The zero-order chi connectivity index (χ0) is 15.7. The number of aliphatic hydroxyl groups excluding tert-OH is 1. The van der Waals surface area contributed by atoms with Gasteiger partial charge in [-0.2, -0.15) is 0 Å². The number of β-amino-alcohol motifs (C(OH)–C–C–N with tert-alkyl or cyclic N) is 1. The van der Waals surface area contributed by atoms with Gasteiger partial charge in [-0.15, -0.1) is 5.10 Å². The van der Waals surface area contributed by atoms with Crippen molar-refractivity contribution in [2.24, 2.45) is 11.7 Å². The van der Waals surface area contributed by atoms with Crippen molar-refractivity contribution in [3.05, 3.63) is 11.9 Å². The van der Waals surface area contributed by atoms with E-state index in [1.165, 1.54) is 9.58 Å². The molecular formula is C13H21N5O3. The summed E-state index contributed by atoms with van der Waals surface area (Å²) < 4.78 is 1.51. The van der Waals surface area contributed by atoms with E-state index in [0.29, 0.717) is 5.69 Å². The number of carbonyl (C=O) groups excluding carboxylic acids is 2. The molecule has 0 radical (unpaired) electrons. The van der Waals surface area contributed by atoms with Crippen LogP contribution in [0, 0.1) is 12.8 Å². The standard InChI is InChI=1S/C13H21N5O3/c1-7(2)11(18-5-8(3)15-16-18)13(21)17-6-9(19)4-10(17)12(14)20/h5,7,9-11,19H,4,6H2,1-3H3,(H2,14,20)/t9?,10?,11-/m0/s1. The van der Waals surface area contributed by atoms with Crippen LogP contribution in [0.4, 0.5) is 0 Å². The van der Waals surface area contributed by atoms with Crippen LogP contribution in [0.2, 0.25) is 0 Å². The number of hydrogen-bond acceptors (Lipinski definition) is 5. The normalized spacial score (nSPS) is 23.6. The van der Waals surface area contributed by atoms with E-state index in [-0.39, 0.29) is 24.8 Å². The predicted molar refractivity (Wildman–Crippen MR) is 74.0 cm³/mol. The molecule has 0 aromatic carbocycles. The lowest BCUT2D eigenvalue weighted by Gasteiger charge is -2.28. The van der Waals surface area contributed by atoms with Crippen LogP contribution < -0.4 is 5.73 Å². The second kappa shape index (κ2) is 5.80. The van der Waals surface area contributed by atoms with Crippen molar-refractivity contribution in [2.75, 3.05) is 6.54 Å². The molecule has 1 fully saturated rings. The Morgan fingerprint density at radius 2 is 2.14 bits per heavy atom. The fourth-order valence-corrected chi connectivity index (χ4v) is 2.70. The fourth-order valence-electron chi connectivity index (χ4n) is 2.70. The highest BCUT2D eigenvalue weighted by molar-refractivity contribution is 5.89. The van der Waals surface area contributed by atoms with Crippen LogP contribution in [-0.4, -0.2) is 55.5 Å². The molecule has 1 saturated heterocycles. The van der Waals surface area contributed by atoms with E-state index in [1.807, 2.05) is 13.8 Å². The third-order valence-corrected chi connectivity index (χ3v) is 3.68. The molecule has 2 rings (SSSR count). The van der Waals surface area contributed by atoms with Crippen molar-refractivity contribution in [1.82, 2.24) is 19.9 Å². The maximum Gasteiger partial charge on any atom is 0.248 e. The van der Waals surface area contributed by atoms with Crippen LogP contribution in [0.25, 0.3) is 0 Å². The lowest BCUT2D eigenvalue weighted by molar-refractivity contribution is -0.141. The lowest BCUT2D eigenvalue weighted by Crippen LogP contribution is -2.47. The van der Waals surface area contributed by atoms with Gasteiger partial charge in [0, 0.05) is 19.2 Å². The molecule has 0 aliphatic carbocycles. The summed E-state index contributed by atoms with van der Waals surface area (Å²) in [6, 6.07) is -1.34. The third kappa shape index (κ3) is 3.05. The predicted octanol–water partition coefficient (Wildman–Crippen LogP) is -0.769. The summed E-state index contributed by atoms with van der Waals surface area (Å²) in [7, 11) is 0. The Kier molecular flexibility index (Phi) is 4.26. The van der Waals surface area contributed by atoms with E-state index in [4.69, 9.17) is 5.73 Å². The van der Waals surface area contributed by atoms with E-state index < -0.39 is 24.1 Å². The molecule has 1 aliphatic rings. The van der Waals surface area contributed by atoms with E-state index in [1.54, 1.807) is 13.1 Å². The first-order chi connectivity index (χ1) is 9.81. The molecule has 8 nitrogen and oxygen atoms in total. The number of aryl methyl sites for hydroxylation is 1. The third-order valence-electron chi connectivity index (χ3n) is 3.68. The Morgan fingerprint density at radius 3 is 2.62 bits per heavy atom. The van der Waals surface area contributed by atoms with Crippen LogP contribution in [0.15, 0.2) is 6.20 Å². The summed E-state index contributed by atoms with van der Waals surface area (Å²) in [4.78, 5) is 25.6. The molecule has 3 atom stereocenters. The van der Waals surface area contributed by atoms with E-state index in [0.717, 1.165) is 0 Å². The second-order valence-electron chi connectivity index (χ2n) is 5.83. The molecule has 0 saturated carbocycles. The zero-order valence-corrected chi connectivity index (χ0v) is 12.4. The Labute approximate surface area is 122 Å². The molecule has 1 aromatic heterocycles. The van der Waals surface area contributed by atoms with Gasteiger partial charge in [-0.1, -0.05) is 19.1 Å². The maximum atomic E-state index is 12.8. The van der Waals surface area contributed by atoms with Gasteiger partial charge in [-0.05, 0) is 12.8 Å². The summed E-state index contributed by atoms with van der Waals surface area (Å²) >= 11 is 0. The minimum atomic E-state index is -0.765. The maximum absolute atomic E-state index is 12.8. The summed E-state index contributed by atoms with van der Waals surface area (Å²) in [6.07, 6.45) is 1.15. The molecule has 2 heterocycles. The highest BCUT2D eigenvalue weighted by atomic mass is 16.3. The van der Waals surface area contributed by atoms with Crippen LogP contribution in [0.3, 0.4) is 0 Å². The summed E-state index contributed by atoms with van der Waals surface area (Å²) in [5.74, 6) is -0.905. The van der Waals surface area contributed by atoms with Gasteiger partial charge in [-0.25, -0.2) is 4.68 Å². The van der Waals surface area contributed by atoms with Crippen molar-refractivity contribution < 1.29 is 14.7 Å². The Balaban J connectivity index is 2.28. The number of nitrogens with zero attached hydrogens (tertiary/aromatic N) is 4. The Morgan fingerprint density at radius 1 is 1.48 bits per heavy atom. The molecule has 2 unspecified atom stereocenters. The molecule has 116 valence electrons. The number of carbonyl (C=O) groups is 2. The molecule has 0 bridgehead atoms. The molecular weight excluding hydrogens is 274 g/mol. The average molecular weight is 295 g/mol. The molecule has 3 N–H and O–H groups in total. The van der Waals surface area contributed by atoms with E-state index in [2.05, 4.69) is 10.3 Å². The minimum Gasteiger partial charge on any atom is -0.391 e. The molecule has 1 aliphatic heterocycles. The van der Waals surface area contributed by atoms with Gasteiger partial charge in [0.2, 0.25) is 11.8 Å². The SMILES string of the molecule is Cc1cn([C@H](C(=O)N2CC(O)CC2C(N)=O)C(C)C)nn1. The van der Waals surface area contributed by atoms with Gasteiger partial charge in [0.1, 0.15) is 12.1 Å². The number of aliphatic hydroxyl groups is 1. The fraction of sp³-hybridized carbons (Fsp3) is 0.692. The number of hydrogen-bond donors (Lipinski definition) is 2.